The van der Waals surface area contributed by atoms with Crippen LogP contribution in [-0.4, -0.2) is 70.2 Å². The van der Waals surface area contributed by atoms with Gasteiger partial charge in [-0.2, -0.15) is 0 Å². The molecule has 2 fully saturated rings. The van der Waals surface area contributed by atoms with Crippen molar-refractivity contribution in [1.82, 2.24) is 19.8 Å². The first-order valence-corrected chi connectivity index (χ1v) is 10.7. The van der Waals surface area contributed by atoms with Gasteiger partial charge in [-0.25, -0.2) is 14.8 Å². The Kier molecular flexibility index (Phi) is 6.26. The number of primary amides is 1. The third-order valence-corrected chi connectivity index (χ3v) is 6.64. The topological polar surface area (TPSA) is 111 Å². The number of amides is 1. The van der Waals surface area contributed by atoms with Gasteiger partial charge in [0.1, 0.15) is 11.9 Å². The number of carbonyl (C=O) groups is 2. The summed E-state index contributed by atoms with van der Waals surface area (Å²) in [4.78, 5) is 37.2. The van der Waals surface area contributed by atoms with E-state index in [9.17, 15) is 9.59 Å². The zero-order chi connectivity index (χ0) is 20.4. The van der Waals surface area contributed by atoms with Crippen LogP contribution < -0.4 is 5.73 Å². The molecule has 2 aromatic rings. The number of hydrogen-bond acceptors (Lipinski definition) is 9. The number of nitrogens with two attached hydrogens (primary N) is 1. The lowest BCUT2D eigenvalue weighted by Crippen LogP contribution is -2.50. The third kappa shape index (κ3) is 4.67. The van der Waals surface area contributed by atoms with Crippen LogP contribution in [0.15, 0.2) is 18.6 Å². The second kappa shape index (κ2) is 8.88. The van der Waals surface area contributed by atoms with Gasteiger partial charge in [-0.3, -0.25) is 14.6 Å². The van der Waals surface area contributed by atoms with Gasteiger partial charge in [0.25, 0.3) is 0 Å². The van der Waals surface area contributed by atoms with Crippen LogP contribution in [0.2, 0.25) is 0 Å². The summed E-state index contributed by atoms with van der Waals surface area (Å²) < 4.78 is 11.1. The lowest BCUT2D eigenvalue weighted by atomic mass is 9.96. The lowest BCUT2D eigenvalue weighted by Gasteiger charge is -2.44. The molecule has 9 nitrogen and oxygen atoms in total. The number of ether oxygens (including phenoxy) is 2. The second-order valence-corrected chi connectivity index (χ2v) is 8.72. The first-order chi connectivity index (χ1) is 14.0. The SMILES string of the molecule is NC(=O)OC(=O)C1CCN(C(c2cc3ncncc3s2)N2CCOC(Cl)C2)CC1. The van der Waals surface area contributed by atoms with Crippen molar-refractivity contribution in [3.05, 3.63) is 23.5 Å². The molecule has 1 amide bonds. The van der Waals surface area contributed by atoms with Crippen LogP contribution in [-0.2, 0) is 14.3 Å². The van der Waals surface area contributed by atoms with Gasteiger partial charge >= 0.3 is 12.1 Å². The Labute approximate surface area is 176 Å². The van der Waals surface area contributed by atoms with Crippen molar-refractivity contribution < 1.29 is 19.1 Å². The summed E-state index contributed by atoms with van der Waals surface area (Å²) in [5.74, 6) is -0.865. The molecule has 0 aromatic carbocycles. The maximum atomic E-state index is 12.0. The van der Waals surface area contributed by atoms with Crippen molar-refractivity contribution in [3.8, 4) is 0 Å². The van der Waals surface area contributed by atoms with Gasteiger partial charge in [-0.05, 0) is 18.9 Å². The Hall–Kier alpha value is -1.85. The molecule has 2 atom stereocenters. The molecule has 2 N–H and O–H groups in total. The number of likely N-dealkylation sites (tertiary alicyclic amines) is 1. The van der Waals surface area contributed by atoms with Crippen molar-refractivity contribution in [1.29, 1.82) is 0 Å². The Morgan fingerprint density at radius 1 is 1.31 bits per heavy atom. The summed E-state index contributed by atoms with van der Waals surface area (Å²) in [5.41, 5.74) is 5.53. The molecule has 156 valence electrons. The number of morpholine rings is 1. The van der Waals surface area contributed by atoms with Gasteiger partial charge in [-0.1, -0.05) is 11.6 Å². The number of hydrogen-bond donors (Lipinski definition) is 1. The molecule has 0 spiro atoms. The number of aromatic nitrogens is 2. The Morgan fingerprint density at radius 3 is 2.79 bits per heavy atom. The number of alkyl halides is 1. The number of fused-ring (bicyclic) bond motifs is 1. The minimum absolute atomic E-state index is 0.00691. The fraction of sp³-hybridized carbons (Fsp3) is 0.556. The molecule has 2 aliphatic heterocycles. The molecule has 29 heavy (non-hydrogen) atoms. The summed E-state index contributed by atoms with van der Waals surface area (Å²) in [5, 5.41) is 0. The van der Waals surface area contributed by atoms with Crippen LogP contribution >= 0.6 is 22.9 Å². The van der Waals surface area contributed by atoms with E-state index in [1.807, 2.05) is 6.20 Å². The quantitative estimate of drug-likeness (QED) is 0.437. The second-order valence-electron chi connectivity index (χ2n) is 7.12. The maximum Gasteiger partial charge on any atom is 0.412 e. The number of carbonyl (C=O) groups excluding carboxylic acids is 2. The summed E-state index contributed by atoms with van der Waals surface area (Å²) in [6.07, 6.45) is 3.52. The highest BCUT2D eigenvalue weighted by atomic mass is 35.5. The monoisotopic (exact) mass is 439 g/mol. The first kappa shape index (κ1) is 20.4. The van der Waals surface area contributed by atoms with Crippen LogP contribution in [0.3, 0.4) is 0 Å². The van der Waals surface area contributed by atoms with E-state index in [4.69, 9.17) is 22.1 Å². The molecule has 2 aromatic heterocycles. The molecule has 2 aliphatic rings. The number of halogens is 1. The van der Waals surface area contributed by atoms with Gasteiger partial charge < -0.3 is 15.2 Å². The molecule has 0 radical (unpaired) electrons. The van der Waals surface area contributed by atoms with Crippen molar-refractivity contribution in [2.45, 2.75) is 24.6 Å². The third-order valence-electron chi connectivity index (χ3n) is 5.28. The largest absolute Gasteiger partial charge is 0.412 e. The predicted octanol–water partition coefficient (Wildman–Crippen LogP) is 1.92. The summed E-state index contributed by atoms with van der Waals surface area (Å²) in [6, 6.07) is 2.10. The normalized spacial score (nSPS) is 23.1. The van der Waals surface area contributed by atoms with E-state index in [1.165, 1.54) is 0 Å². The molecule has 0 saturated carbocycles. The van der Waals surface area contributed by atoms with Gasteiger partial charge in [-0.15, -0.1) is 11.3 Å². The zero-order valence-corrected chi connectivity index (χ0v) is 17.3. The van der Waals surface area contributed by atoms with Crippen LogP contribution in [0.1, 0.15) is 23.9 Å². The van der Waals surface area contributed by atoms with Crippen molar-refractivity contribution in [2.24, 2.45) is 11.7 Å². The molecule has 2 saturated heterocycles. The van der Waals surface area contributed by atoms with Crippen LogP contribution in [0, 0.1) is 5.92 Å². The average molecular weight is 440 g/mol. The van der Waals surface area contributed by atoms with Crippen LogP contribution in [0.5, 0.6) is 0 Å². The molecule has 2 unspecified atom stereocenters. The molecular weight excluding hydrogens is 418 g/mol. The van der Waals surface area contributed by atoms with Crippen molar-refractivity contribution in [2.75, 3.05) is 32.8 Å². The minimum Gasteiger partial charge on any atom is -0.376 e. The minimum atomic E-state index is -1.05. The van der Waals surface area contributed by atoms with Gasteiger partial charge in [0.2, 0.25) is 0 Å². The average Bonchev–Trinajstić information content (AvgIpc) is 3.12. The highest BCUT2D eigenvalue weighted by Crippen LogP contribution is 2.37. The Morgan fingerprint density at radius 2 is 2.10 bits per heavy atom. The number of nitrogens with zero attached hydrogens (tertiary/aromatic N) is 4. The van der Waals surface area contributed by atoms with Crippen LogP contribution in [0.25, 0.3) is 10.2 Å². The lowest BCUT2D eigenvalue weighted by molar-refractivity contribution is -0.144. The zero-order valence-electron chi connectivity index (χ0n) is 15.7. The standard InChI is InChI=1S/C18H22ClN5O4S/c19-15-9-24(5-6-27-15)16(13-7-12-14(29-13)8-21-10-22-12)23-3-1-11(2-4-23)17(25)28-18(20)26/h7-8,10-11,15-16H,1-6,9H2,(H2,20,26). The fourth-order valence-electron chi connectivity index (χ4n) is 3.93. The smallest absolute Gasteiger partial charge is 0.376 e. The number of piperidine rings is 1. The first-order valence-electron chi connectivity index (χ1n) is 9.45. The van der Waals surface area contributed by atoms with E-state index in [2.05, 4.69) is 30.6 Å². The van der Waals surface area contributed by atoms with Gasteiger partial charge in [0.05, 0.1) is 28.9 Å². The maximum absolute atomic E-state index is 12.0. The predicted molar refractivity (Wildman–Crippen MR) is 107 cm³/mol. The van der Waals surface area contributed by atoms with Crippen LogP contribution in [0.4, 0.5) is 4.79 Å². The molecule has 0 aliphatic carbocycles. The highest BCUT2D eigenvalue weighted by Gasteiger charge is 2.36. The summed E-state index contributed by atoms with van der Waals surface area (Å²) in [6.45, 7) is 3.31. The molecule has 0 bridgehead atoms. The molecule has 4 heterocycles. The molecular formula is C18H22ClN5O4S. The van der Waals surface area contributed by atoms with E-state index in [-0.39, 0.29) is 17.6 Å². The van der Waals surface area contributed by atoms with Crippen molar-refractivity contribution >= 4 is 45.2 Å². The van der Waals surface area contributed by atoms with E-state index < -0.39 is 12.1 Å². The fourth-order valence-corrected chi connectivity index (χ4v) is 5.36. The van der Waals surface area contributed by atoms with Gasteiger partial charge in [0, 0.05) is 37.3 Å². The van der Waals surface area contributed by atoms with E-state index in [0.29, 0.717) is 39.1 Å². The Bertz CT molecular complexity index is 855. The van der Waals surface area contributed by atoms with E-state index in [0.717, 1.165) is 21.6 Å². The number of esters is 1. The summed E-state index contributed by atoms with van der Waals surface area (Å²) >= 11 is 7.93. The van der Waals surface area contributed by atoms with Crippen molar-refractivity contribution in [3.63, 3.8) is 0 Å². The van der Waals surface area contributed by atoms with E-state index in [1.54, 1.807) is 17.7 Å². The number of thiophene rings is 1. The van der Waals surface area contributed by atoms with E-state index >= 15 is 0 Å². The highest BCUT2D eigenvalue weighted by molar-refractivity contribution is 7.19. The summed E-state index contributed by atoms with van der Waals surface area (Å²) in [7, 11) is 0. The molecule has 4 rings (SSSR count). The Balaban J connectivity index is 1.54. The number of rotatable bonds is 4. The van der Waals surface area contributed by atoms with Gasteiger partial charge in [0.15, 0.2) is 0 Å². The molecule has 11 heteroatoms.